The Labute approximate surface area is 189 Å². The van der Waals surface area contributed by atoms with Gasteiger partial charge in [0.2, 0.25) is 5.89 Å². The summed E-state index contributed by atoms with van der Waals surface area (Å²) in [4.78, 5) is 24.1. The third-order valence-electron chi connectivity index (χ3n) is 4.69. The summed E-state index contributed by atoms with van der Waals surface area (Å²) in [6.07, 6.45) is 6.29. The second kappa shape index (κ2) is 9.15. The van der Waals surface area contributed by atoms with Crippen LogP contribution in [0.4, 0.5) is 9.93 Å². The Balaban J connectivity index is 1.23. The maximum atomic E-state index is 12.2. The number of aromatic nitrogens is 3. The molecule has 0 saturated heterocycles. The minimum absolute atomic E-state index is 0.0565. The third-order valence-corrected chi connectivity index (χ3v) is 6.78. The number of anilines is 1. The lowest BCUT2D eigenvalue weighted by atomic mass is 9.94. The monoisotopic (exact) mass is 455 g/mol. The van der Waals surface area contributed by atoms with E-state index in [4.69, 9.17) is 4.42 Å². The summed E-state index contributed by atoms with van der Waals surface area (Å²) in [5.41, 5.74) is 2.23. The molecule has 7 nitrogen and oxygen atoms in total. The predicted molar refractivity (Wildman–Crippen MR) is 126 cm³/mol. The Hall–Kier alpha value is -2.78. The fourth-order valence-corrected chi connectivity index (χ4v) is 4.75. The molecular weight excluding hydrogens is 430 g/mol. The molecule has 0 unspecified atom stereocenters. The van der Waals surface area contributed by atoms with Gasteiger partial charge < -0.3 is 14.7 Å². The van der Waals surface area contributed by atoms with Gasteiger partial charge in [-0.05, 0) is 18.1 Å². The number of benzene rings is 1. The number of rotatable bonds is 7. The van der Waals surface area contributed by atoms with Gasteiger partial charge in [-0.2, -0.15) is 0 Å². The van der Waals surface area contributed by atoms with Crippen LogP contribution in [0.1, 0.15) is 38.0 Å². The molecule has 3 heterocycles. The maximum absolute atomic E-state index is 12.2. The first-order valence-electron chi connectivity index (χ1n) is 10.0. The highest BCUT2D eigenvalue weighted by molar-refractivity contribution is 8.00. The number of thiazole rings is 1. The van der Waals surface area contributed by atoms with Gasteiger partial charge in [-0.3, -0.25) is 5.32 Å². The quantitative estimate of drug-likeness (QED) is 0.317. The van der Waals surface area contributed by atoms with Gasteiger partial charge >= 0.3 is 6.03 Å². The summed E-state index contributed by atoms with van der Waals surface area (Å²) in [5, 5.41) is 7.44. The Morgan fingerprint density at radius 1 is 1.23 bits per heavy atom. The molecular formula is C22H25N5O2S2. The van der Waals surface area contributed by atoms with Crippen molar-refractivity contribution in [1.29, 1.82) is 0 Å². The minimum Gasteiger partial charge on any atom is -0.444 e. The van der Waals surface area contributed by atoms with E-state index in [1.807, 2.05) is 24.4 Å². The Morgan fingerprint density at radius 2 is 2.06 bits per heavy atom. The number of H-pyrrole nitrogens is 1. The molecule has 0 saturated carbocycles. The van der Waals surface area contributed by atoms with E-state index in [2.05, 4.69) is 52.4 Å². The van der Waals surface area contributed by atoms with Crippen LogP contribution in [0.25, 0.3) is 10.9 Å². The van der Waals surface area contributed by atoms with E-state index in [1.54, 1.807) is 24.2 Å². The molecule has 4 aromatic rings. The van der Waals surface area contributed by atoms with E-state index in [9.17, 15) is 4.79 Å². The first-order valence-corrected chi connectivity index (χ1v) is 11.8. The molecule has 0 bridgehead atoms. The largest absolute Gasteiger partial charge is 0.444 e. The zero-order valence-electron chi connectivity index (χ0n) is 17.7. The van der Waals surface area contributed by atoms with Crippen LogP contribution >= 0.6 is 23.1 Å². The van der Waals surface area contributed by atoms with Gasteiger partial charge in [0.25, 0.3) is 0 Å². The molecule has 0 atom stereocenters. The van der Waals surface area contributed by atoms with E-state index >= 15 is 0 Å². The van der Waals surface area contributed by atoms with E-state index < -0.39 is 0 Å². The lowest BCUT2D eigenvalue weighted by Gasteiger charge is -2.12. The fourth-order valence-electron chi connectivity index (χ4n) is 3.03. The van der Waals surface area contributed by atoms with Crippen molar-refractivity contribution >= 4 is 45.2 Å². The van der Waals surface area contributed by atoms with Gasteiger partial charge in [-0.1, -0.05) is 50.3 Å². The zero-order valence-corrected chi connectivity index (χ0v) is 19.3. The summed E-state index contributed by atoms with van der Waals surface area (Å²) in [6, 6.07) is 7.89. The van der Waals surface area contributed by atoms with Crippen LogP contribution in [0.3, 0.4) is 0 Å². The van der Waals surface area contributed by atoms with Crippen LogP contribution < -0.4 is 10.6 Å². The molecule has 0 aliphatic heterocycles. The number of oxazole rings is 1. The maximum Gasteiger partial charge on any atom is 0.321 e. The number of para-hydroxylation sites is 1. The number of aromatic amines is 1. The van der Waals surface area contributed by atoms with Crippen molar-refractivity contribution in [2.75, 3.05) is 11.9 Å². The van der Waals surface area contributed by atoms with Gasteiger partial charge in [0.05, 0.1) is 22.4 Å². The number of carbonyl (C=O) groups excluding carboxylic acids is 1. The summed E-state index contributed by atoms with van der Waals surface area (Å²) >= 11 is 3.02. The van der Waals surface area contributed by atoms with Gasteiger partial charge in [0.1, 0.15) is 5.76 Å². The van der Waals surface area contributed by atoms with Crippen molar-refractivity contribution in [3.05, 3.63) is 60.1 Å². The Morgan fingerprint density at radius 3 is 2.87 bits per heavy atom. The molecule has 0 radical (unpaired) electrons. The molecule has 31 heavy (non-hydrogen) atoms. The molecule has 0 spiro atoms. The lowest BCUT2D eigenvalue weighted by Crippen LogP contribution is -2.30. The number of thioether (sulfide) groups is 1. The second-order valence-electron chi connectivity index (χ2n) is 8.13. The average molecular weight is 456 g/mol. The smallest absolute Gasteiger partial charge is 0.321 e. The fraction of sp³-hybridized carbons (Fsp3) is 0.318. The zero-order chi connectivity index (χ0) is 21.8. The van der Waals surface area contributed by atoms with Crippen molar-refractivity contribution in [3.8, 4) is 0 Å². The second-order valence-corrected chi connectivity index (χ2v) is 10.4. The van der Waals surface area contributed by atoms with Gasteiger partial charge in [-0.15, -0.1) is 11.8 Å². The summed E-state index contributed by atoms with van der Waals surface area (Å²) < 4.78 is 6.80. The SMILES string of the molecule is CC(C)(C)c1cnc(CSc2cnc(NC(=O)NCCc3c[nH]c4ccccc34)s2)o1. The highest BCUT2D eigenvalue weighted by Gasteiger charge is 2.19. The molecule has 162 valence electrons. The predicted octanol–water partition coefficient (Wildman–Crippen LogP) is 5.57. The Kier molecular flexibility index (Phi) is 6.33. The first-order chi connectivity index (χ1) is 14.9. The summed E-state index contributed by atoms with van der Waals surface area (Å²) in [6.45, 7) is 6.83. The van der Waals surface area contributed by atoms with E-state index in [0.717, 1.165) is 21.9 Å². The third kappa shape index (κ3) is 5.48. The first kappa shape index (κ1) is 21.5. The van der Waals surface area contributed by atoms with Crippen molar-refractivity contribution in [3.63, 3.8) is 0 Å². The van der Waals surface area contributed by atoms with Crippen molar-refractivity contribution in [1.82, 2.24) is 20.3 Å². The van der Waals surface area contributed by atoms with Crippen LogP contribution in [-0.4, -0.2) is 27.5 Å². The number of amides is 2. The molecule has 0 fully saturated rings. The molecule has 4 rings (SSSR count). The van der Waals surface area contributed by atoms with Crippen LogP contribution in [0.5, 0.6) is 0 Å². The molecule has 2 amide bonds. The van der Waals surface area contributed by atoms with Gasteiger partial charge in [-0.25, -0.2) is 14.8 Å². The van der Waals surface area contributed by atoms with Crippen LogP contribution in [0.15, 0.2) is 51.5 Å². The molecule has 3 aromatic heterocycles. The average Bonchev–Trinajstić information content (AvgIpc) is 3.46. The van der Waals surface area contributed by atoms with Gasteiger partial charge in [0, 0.05) is 29.1 Å². The van der Waals surface area contributed by atoms with E-state index in [0.29, 0.717) is 23.3 Å². The molecule has 3 N–H and O–H groups in total. The number of carbonyl (C=O) groups is 1. The number of nitrogens with zero attached hydrogens (tertiary/aromatic N) is 2. The van der Waals surface area contributed by atoms with Crippen molar-refractivity contribution in [2.24, 2.45) is 0 Å². The molecule has 0 aliphatic rings. The topological polar surface area (TPSA) is 95.8 Å². The number of nitrogens with one attached hydrogen (secondary N) is 3. The number of fused-ring (bicyclic) bond motifs is 1. The standard InChI is InChI=1S/C22H25N5O2S2/c1-22(2,3)17-11-25-18(29-17)13-30-19-12-26-21(31-19)27-20(28)23-9-8-14-10-24-16-7-5-4-6-15(14)16/h4-7,10-12,24H,8-9,13H2,1-3H3,(H2,23,26,27,28). The minimum atomic E-state index is -0.256. The highest BCUT2D eigenvalue weighted by Crippen LogP contribution is 2.31. The molecule has 1 aromatic carbocycles. The molecule has 0 aliphatic carbocycles. The van der Waals surface area contributed by atoms with Crippen LogP contribution in [0, 0.1) is 0 Å². The van der Waals surface area contributed by atoms with Crippen molar-refractivity contribution < 1.29 is 9.21 Å². The highest BCUT2D eigenvalue weighted by atomic mass is 32.2. The normalized spacial score (nSPS) is 11.7. The number of urea groups is 1. The van der Waals surface area contributed by atoms with Gasteiger partial charge in [0.15, 0.2) is 5.13 Å². The number of hydrogen-bond donors (Lipinski definition) is 3. The summed E-state index contributed by atoms with van der Waals surface area (Å²) in [7, 11) is 0. The van der Waals surface area contributed by atoms with Crippen molar-refractivity contribution in [2.45, 2.75) is 42.6 Å². The lowest BCUT2D eigenvalue weighted by molar-refractivity contribution is 0.252. The molecule has 9 heteroatoms. The van der Waals surface area contributed by atoms with E-state index in [-0.39, 0.29) is 11.4 Å². The summed E-state index contributed by atoms with van der Waals surface area (Å²) in [5.74, 6) is 2.18. The number of hydrogen-bond acceptors (Lipinski definition) is 6. The Bertz CT molecular complexity index is 1170. The van der Waals surface area contributed by atoms with E-state index in [1.165, 1.54) is 22.3 Å². The van der Waals surface area contributed by atoms with Crippen LogP contribution in [-0.2, 0) is 17.6 Å². The van der Waals surface area contributed by atoms with Crippen LogP contribution in [0.2, 0.25) is 0 Å².